The molecule has 0 aromatic heterocycles. The number of hydrogen-bond donors (Lipinski definition) is 2. The molecule has 0 aliphatic rings. The van der Waals surface area contributed by atoms with Crippen LogP contribution in [0, 0.1) is 0 Å². The average Bonchev–Trinajstić information content (AvgIpc) is 2.35. The molecule has 0 bridgehead atoms. The second-order valence-electron chi connectivity index (χ2n) is 6.28. The second kappa shape index (κ2) is 8.12. The van der Waals surface area contributed by atoms with Gasteiger partial charge in [0.25, 0.3) is 0 Å². The molecule has 0 saturated heterocycles. The maximum absolute atomic E-state index is 12.2. The summed E-state index contributed by atoms with van der Waals surface area (Å²) in [6.07, 6.45) is 0.0675. The number of ketones is 1. The molecule has 21 heavy (non-hydrogen) atoms. The first-order chi connectivity index (χ1) is 9.50. The lowest BCUT2D eigenvalue weighted by Crippen LogP contribution is -2.52. The molecule has 122 valence electrons. The quantitative estimate of drug-likeness (QED) is 0.725. The van der Waals surface area contributed by atoms with Gasteiger partial charge in [0.1, 0.15) is 0 Å². The lowest BCUT2D eigenvalue weighted by atomic mass is 10.0. The second-order valence-corrected chi connectivity index (χ2v) is 6.28. The largest absolute Gasteiger partial charge is 0.345 e. The van der Waals surface area contributed by atoms with Crippen LogP contribution in [0.5, 0.6) is 0 Å². The Balaban J connectivity index is 4.80. The molecule has 0 fully saturated rings. The molecule has 2 N–H and O–H groups in total. The summed E-state index contributed by atoms with van der Waals surface area (Å²) in [6, 6.07) is -1.18. The fraction of sp³-hybridized carbons (Fsp3) is 0.800. The Kier molecular flexibility index (Phi) is 7.57. The van der Waals surface area contributed by atoms with Gasteiger partial charge in [0, 0.05) is 12.6 Å². The summed E-state index contributed by atoms with van der Waals surface area (Å²) < 4.78 is 0. The van der Waals surface area contributed by atoms with Gasteiger partial charge in [-0.2, -0.15) is 0 Å². The molecule has 0 radical (unpaired) electrons. The number of amides is 2. The van der Waals surface area contributed by atoms with Gasteiger partial charge in [0.15, 0.2) is 5.78 Å². The van der Waals surface area contributed by atoms with Crippen molar-refractivity contribution < 1.29 is 14.4 Å². The standard InChI is InChI=1S/C15H29N3O3/c1-8-16-12(14(21)17-10(2)11(3)19)9-13(20)18(7)15(4,5)6/h10,12,16H,8-9H2,1-7H3,(H,17,21). The van der Waals surface area contributed by atoms with E-state index in [9.17, 15) is 14.4 Å². The highest BCUT2D eigenvalue weighted by atomic mass is 16.2. The lowest BCUT2D eigenvalue weighted by molar-refractivity contribution is -0.137. The molecule has 0 saturated carbocycles. The van der Waals surface area contributed by atoms with Crippen LogP contribution in [0.1, 0.15) is 48.0 Å². The predicted octanol–water partition coefficient (Wildman–Crippen LogP) is 0.705. The zero-order chi connectivity index (χ0) is 16.8. The van der Waals surface area contributed by atoms with Gasteiger partial charge in [-0.25, -0.2) is 0 Å². The van der Waals surface area contributed by atoms with Crippen LogP contribution in [0.3, 0.4) is 0 Å². The fourth-order valence-electron chi connectivity index (χ4n) is 1.61. The minimum Gasteiger partial charge on any atom is -0.345 e. The maximum Gasteiger partial charge on any atom is 0.238 e. The van der Waals surface area contributed by atoms with Crippen molar-refractivity contribution in [3.05, 3.63) is 0 Å². The molecule has 0 aromatic rings. The first-order valence-electron chi connectivity index (χ1n) is 7.31. The molecular formula is C15H29N3O3. The molecule has 0 heterocycles. The third-order valence-electron chi connectivity index (χ3n) is 3.49. The van der Waals surface area contributed by atoms with Gasteiger partial charge >= 0.3 is 0 Å². The van der Waals surface area contributed by atoms with Crippen LogP contribution in [-0.2, 0) is 14.4 Å². The molecule has 2 atom stereocenters. The third-order valence-corrected chi connectivity index (χ3v) is 3.49. The van der Waals surface area contributed by atoms with E-state index in [1.807, 2.05) is 27.7 Å². The summed E-state index contributed by atoms with van der Waals surface area (Å²) in [5, 5.41) is 5.62. The Labute approximate surface area is 127 Å². The van der Waals surface area contributed by atoms with Crippen molar-refractivity contribution in [1.29, 1.82) is 0 Å². The Morgan fingerprint density at radius 1 is 1.19 bits per heavy atom. The van der Waals surface area contributed by atoms with Crippen molar-refractivity contribution in [2.75, 3.05) is 13.6 Å². The number of hydrogen-bond acceptors (Lipinski definition) is 4. The summed E-state index contributed by atoms with van der Waals surface area (Å²) in [4.78, 5) is 37.2. The smallest absolute Gasteiger partial charge is 0.238 e. The number of carbonyl (C=O) groups excluding carboxylic acids is 3. The van der Waals surface area contributed by atoms with Gasteiger partial charge in [-0.1, -0.05) is 6.92 Å². The number of likely N-dealkylation sites (N-methyl/N-ethyl adjacent to an activating group) is 1. The first-order valence-corrected chi connectivity index (χ1v) is 7.31. The summed E-state index contributed by atoms with van der Waals surface area (Å²) in [6.45, 7) is 11.3. The van der Waals surface area contributed by atoms with Crippen LogP contribution in [-0.4, -0.2) is 53.7 Å². The SMILES string of the molecule is CCNC(CC(=O)N(C)C(C)(C)C)C(=O)NC(C)C(C)=O. The molecule has 6 nitrogen and oxygen atoms in total. The first kappa shape index (κ1) is 19.6. The minimum atomic E-state index is -0.630. The van der Waals surface area contributed by atoms with E-state index in [1.165, 1.54) is 6.92 Å². The van der Waals surface area contributed by atoms with Gasteiger partial charge in [-0.15, -0.1) is 0 Å². The Bertz CT molecular complexity index is 388. The molecule has 0 spiro atoms. The van der Waals surface area contributed by atoms with Gasteiger partial charge in [-0.3, -0.25) is 14.4 Å². The molecule has 0 aromatic carbocycles. The van der Waals surface area contributed by atoms with Crippen molar-refractivity contribution in [2.45, 2.75) is 65.6 Å². The number of nitrogens with zero attached hydrogens (tertiary/aromatic N) is 1. The molecular weight excluding hydrogens is 270 g/mol. The van der Waals surface area contributed by atoms with Crippen molar-refractivity contribution in [1.82, 2.24) is 15.5 Å². The number of carbonyl (C=O) groups is 3. The molecule has 2 unspecified atom stereocenters. The summed E-state index contributed by atoms with van der Waals surface area (Å²) in [5.41, 5.74) is -0.295. The van der Waals surface area contributed by atoms with E-state index in [0.717, 1.165) is 0 Å². The van der Waals surface area contributed by atoms with E-state index in [2.05, 4.69) is 10.6 Å². The fourth-order valence-corrected chi connectivity index (χ4v) is 1.61. The highest BCUT2D eigenvalue weighted by Gasteiger charge is 2.28. The normalized spacial score (nSPS) is 14.2. The molecule has 2 amide bonds. The maximum atomic E-state index is 12.2. The lowest BCUT2D eigenvalue weighted by Gasteiger charge is -2.33. The summed E-state index contributed by atoms with van der Waals surface area (Å²) in [7, 11) is 1.72. The van der Waals surface area contributed by atoms with Crippen molar-refractivity contribution >= 4 is 17.6 Å². The van der Waals surface area contributed by atoms with E-state index >= 15 is 0 Å². The molecule has 0 rings (SSSR count). The van der Waals surface area contributed by atoms with Crippen LogP contribution in [0.25, 0.3) is 0 Å². The van der Waals surface area contributed by atoms with E-state index in [0.29, 0.717) is 6.54 Å². The number of nitrogens with one attached hydrogen (secondary N) is 2. The van der Waals surface area contributed by atoms with Gasteiger partial charge in [0.05, 0.1) is 18.5 Å². The van der Waals surface area contributed by atoms with Crippen molar-refractivity contribution in [2.24, 2.45) is 0 Å². The van der Waals surface area contributed by atoms with Gasteiger partial charge < -0.3 is 15.5 Å². The minimum absolute atomic E-state index is 0.0675. The summed E-state index contributed by atoms with van der Waals surface area (Å²) in [5.74, 6) is -0.550. The van der Waals surface area contributed by atoms with Crippen molar-refractivity contribution in [3.63, 3.8) is 0 Å². The van der Waals surface area contributed by atoms with Crippen LogP contribution in [0.4, 0.5) is 0 Å². The molecule has 0 aliphatic carbocycles. The summed E-state index contributed by atoms with van der Waals surface area (Å²) >= 11 is 0. The Morgan fingerprint density at radius 3 is 2.10 bits per heavy atom. The van der Waals surface area contributed by atoms with E-state index in [1.54, 1.807) is 18.9 Å². The number of rotatable bonds is 7. The Hall–Kier alpha value is -1.43. The van der Waals surface area contributed by atoms with Crippen LogP contribution >= 0.6 is 0 Å². The average molecular weight is 299 g/mol. The zero-order valence-corrected chi connectivity index (χ0v) is 14.2. The monoisotopic (exact) mass is 299 g/mol. The van der Waals surface area contributed by atoms with Gasteiger partial charge in [0.2, 0.25) is 11.8 Å². The number of Topliss-reactive ketones (excluding diaryl/α,β-unsaturated/α-hetero) is 1. The van der Waals surface area contributed by atoms with E-state index in [-0.39, 0.29) is 29.6 Å². The third kappa shape index (κ3) is 6.71. The van der Waals surface area contributed by atoms with Crippen LogP contribution < -0.4 is 10.6 Å². The van der Waals surface area contributed by atoms with E-state index in [4.69, 9.17) is 0 Å². The highest BCUT2D eigenvalue weighted by molar-refractivity contribution is 5.92. The predicted molar refractivity (Wildman–Crippen MR) is 82.9 cm³/mol. The van der Waals surface area contributed by atoms with Gasteiger partial charge in [-0.05, 0) is 41.2 Å². The Morgan fingerprint density at radius 2 is 1.71 bits per heavy atom. The van der Waals surface area contributed by atoms with Crippen LogP contribution in [0.2, 0.25) is 0 Å². The highest BCUT2D eigenvalue weighted by Crippen LogP contribution is 2.12. The van der Waals surface area contributed by atoms with Crippen molar-refractivity contribution in [3.8, 4) is 0 Å². The topological polar surface area (TPSA) is 78.5 Å². The van der Waals surface area contributed by atoms with Crippen LogP contribution in [0.15, 0.2) is 0 Å². The zero-order valence-electron chi connectivity index (χ0n) is 14.2. The molecule has 6 heteroatoms. The molecule has 0 aliphatic heterocycles. The van der Waals surface area contributed by atoms with E-state index < -0.39 is 12.1 Å².